The maximum absolute atomic E-state index is 3.58. The Morgan fingerprint density at radius 1 is 1.17 bits per heavy atom. The SMILES string of the molecule is CCCN(CCC)c1cccc(CNC2CC2)c1. The number of benzene rings is 1. The van der Waals surface area contributed by atoms with Gasteiger partial charge in [0.15, 0.2) is 0 Å². The van der Waals surface area contributed by atoms with Gasteiger partial charge in [-0.05, 0) is 43.4 Å². The van der Waals surface area contributed by atoms with E-state index in [1.807, 2.05) is 0 Å². The van der Waals surface area contributed by atoms with E-state index in [1.54, 1.807) is 0 Å². The van der Waals surface area contributed by atoms with Gasteiger partial charge in [0.2, 0.25) is 0 Å². The second kappa shape index (κ2) is 6.79. The third-order valence-electron chi connectivity index (χ3n) is 3.43. The Labute approximate surface area is 111 Å². The van der Waals surface area contributed by atoms with E-state index in [0.29, 0.717) is 0 Å². The van der Waals surface area contributed by atoms with Gasteiger partial charge in [0.05, 0.1) is 0 Å². The highest BCUT2D eigenvalue weighted by Crippen LogP contribution is 2.21. The second-order valence-corrected chi connectivity index (χ2v) is 5.31. The van der Waals surface area contributed by atoms with E-state index in [9.17, 15) is 0 Å². The number of rotatable bonds is 8. The van der Waals surface area contributed by atoms with E-state index >= 15 is 0 Å². The highest BCUT2D eigenvalue weighted by molar-refractivity contribution is 5.48. The van der Waals surface area contributed by atoms with Crippen LogP contribution in [0.3, 0.4) is 0 Å². The average Bonchev–Trinajstić information content (AvgIpc) is 3.21. The lowest BCUT2D eigenvalue weighted by Gasteiger charge is -2.24. The van der Waals surface area contributed by atoms with Gasteiger partial charge in [-0.25, -0.2) is 0 Å². The number of anilines is 1. The van der Waals surface area contributed by atoms with Gasteiger partial charge in [0.25, 0.3) is 0 Å². The molecule has 2 rings (SSSR count). The number of nitrogens with one attached hydrogen (secondary N) is 1. The smallest absolute Gasteiger partial charge is 0.0369 e. The van der Waals surface area contributed by atoms with Crippen molar-refractivity contribution in [1.29, 1.82) is 0 Å². The molecular formula is C16H26N2. The molecule has 0 atom stereocenters. The number of hydrogen-bond donors (Lipinski definition) is 1. The van der Waals surface area contributed by atoms with Gasteiger partial charge in [-0.3, -0.25) is 0 Å². The van der Waals surface area contributed by atoms with Crippen molar-refractivity contribution in [3.8, 4) is 0 Å². The van der Waals surface area contributed by atoms with Crippen molar-refractivity contribution in [1.82, 2.24) is 5.32 Å². The van der Waals surface area contributed by atoms with Gasteiger partial charge in [0.1, 0.15) is 0 Å². The molecule has 0 amide bonds. The summed E-state index contributed by atoms with van der Waals surface area (Å²) in [5.41, 5.74) is 2.80. The Morgan fingerprint density at radius 2 is 1.89 bits per heavy atom. The molecule has 1 aliphatic rings. The van der Waals surface area contributed by atoms with Gasteiger partial charge in [-0.15, -0.1) is 0 Å². The summed E-state index contributed by atoms with van der Waals surface area (Å²) >= 11 is 0. The van der Waals surface area contributed by atoms with Gasteiger partial charge < -0.3 is 10.2 Å². The molecule has 0 aromatic heterocycles. The largest absolute Gasteiger partial charge is 0.372 e. The van der Waals surface area contributed by atoms with Crippen LogP contribution < -0.4 is 10.2 Å². The van der Waals surface area contributed by atoms with Gasteiger partial charge >= 0.3 is 0 Å². The van der Waals surface area contributed by atoms with Crippen molar-refractivity contribution in [3.63, 3.8) is 0 Å². The summed E-state index contributed by atoms with van der Waals surface area (Å²) in [4.78, 5) is 2.50. The molecule has 1 aromatic carbocycles. The lowest BCUT2D eigenvalue weighted by molar-refractivity contribution is 0.686. The molecule has 0 unspecified atom stereocenters. The van der Waals surface area contributed by atoms with Crippen molar-refractivity contribution >= 4 is 5.69 Å². The zero-order valence-electron chi connectivity index (χ0n) is 11.8. The standard InChI is InChI=1S/C16H26N2/c1-3-10-18(11-4-2)16-7-5-6-14(12-16)13-17-15-8-9-15/h5-7,12,15,17H,3-4,8-11,13H2,1-2H3. The van der Waals surface area contributed by atoms with Crippen molar-refractivity contribution in [3.05, 3.63) is 29.8 Å². The maximum Gasteiger partial charge on any atom is 0.0369 e. The molecule has 2 heteroatoms. The highest BCUT2D eigenvalue weighted by Gasteiger charge is 2.19. The summed E-state index contributed by atoms with van der Waals surface area (Å²) in [6.45, 7) is 7.84. The van der Waals surface area contributed by atoms with Crippen LogP contribution >= 0.6 is 0 Å². The minimum atomic E-state index is 0.788. The van der Waals surface area contributed by atoms with E-state index in [0.717, 1.165) is 25.7 Å². The monoisotopic (exact) mass is 246 g/mol. The Morgan fingerprint density at radius 3 is 2.50 bits per heavy atom. The fourth-order valence-electron chi connectivity index (χ4n) is 2.32. The Bertz CT molecular complexity index is 352. The van der Waals surface area contributed by atoms with Gasteiger partial charge in [-0.1, -0.05) is 26.0 Å². The molecule has 0 aliphatic heterocycles. The van der Waals surface area contributed by atoms with E-state index in [4.69, 9.17) is 0 Å². The van der Waals surface area contributed by atoms with Crippen molar-refractivity contribution in [2.75, 3.05) is 18.0 Å². The molecule has 0 saturated heterocycles. The fourth-order valence-corrected chi connectivity index (χ4v) is 2.32. The number of nitrogens with zero attached hydrogens (tertiary/aromatic N) is 1. The molecule has 0 bridgehead atoms. The van der Waals surface area contributed by atoms with Gasteiger partial charge in [0, 0.05) is 31.4 Å². The van der Waals surface area contributed by atoms with Crippen molar-refractivity contribution in [2.45, 2.75) is 52.1 Å². The fraction of sp³-hybridized carbons (Fsp3) is 0.625. The predicted molar refractivity (Wildman–Crippen MR) is 79.1 cm³/mol. The number of hydrogen-bond acceptors (Lipinski definition) is 2. The van der Waals surface area contributed by atoms with Crippen LogP contribution in [0.4, 0.5) is 5.69 Å². The van der Waals surface area contributed by atoms with E-state index < -0.39 is 0 Å². The Hall–Kier alpha value is -1.02. The normalized spacial score (nSPS) is 14.8. The minimum Gasteiger partial charge on any atom is -0.372 e. The van der Waals surface area contributed by atoms with Crippen molar-refractivity contribution in [2.24, 2.45) is 0 Å². The molecule has 1 saturated carbocycles. The lowest BCUT2D eigenvalue weighted by atomic mass is 10.1. The first-order valence-corrected chi connectivity index (χ1v) is 7.40. The molecule has 0 spiro atoms. The van der Waals surface area contributed by atoms with Crippen LogP contribution in [-0.4, -0.2) is 19.1 Å². The van der Waals surface area contributed by atoms with Crippen LogP contribution in [0.1, 0.15) is 45.1 Å². The van der Waals surface area contributed by atoms with Crippen LogP contribution in [0, 0.1) is 0 Å². The average molecular weight is 246 g/mol. The van der Waals surface area contributed by atoms with E-state index in [1.165, 1.54) is 36.9 Å². The summed E-state index contributed by atoms with van der Waals surface area (Å²) in [6, 6.07) is 9.80. The van der Waals surface area contributed by atoms with Crippen LogP contribution in [-0.2, 0) is 6.54 Å². The summed E-state index contributed by atoms with van der Waals surface area (Å²) in [7, 11) is 0. The van der Waals surface area contributed by atoms with Crippen LogP contribution in [0.5, 0.6) is 0 Å². The van der Waals surface area contributed by atoms with E-state index in [2.05, 4.69) is 48.3 Å². The molecule has 2 nitrogen and oxygen atoms in total. The first-order chi connectivity index (χ1) is 8.83. The third-order valence-corrected chi connectivity index (χ3v) is 3.43. The molecule has 1 N–H and O–H groups in total. The molecule has 0 heterocycles. The first kappa shape index (κ1) is 13.4. The molecular weight excluding hydrogens is 220 g/mol. The zero-order valence-corrected chi connectivity index (χ0v) is 11.8. The third kappa shape index (κ3) is 4.02. The highest BCUT2D eigenvalue weighted by atomic mass is 15.1. The van der Waals surface area contributed by atoms with E-state index in [-0.39, 0.29) is 0 Å². The summed E-state index contributed by atoms with van der Waals surface area (Å²) in [5, 5.41) is 3.58. The van der Waals surface area contributed by atoms with Crippen LogP contribution in [0.25, 0.3) is 0 Å². The molecule has 1 fully saturated rings. The van der Waals surface area contributed by atoms with Crippen LogP contribution in [0.2, 0.25) is 0 Å². The van der Waals surface area contributed by atoms with Gasteiger partial charge in [-0.2, -0.15) is 0 Å². The quantitative estimate of drug-likeness (QED) is 0.754. The Balaban J connectivity index is 1.98. The molecule has 100 valence electrons. The van der Waals surface area contributed by atoms with Crippen molar-refractivity contribution < 1.29 is 0 Å². The first-order valence-electron chi connectivity index (χ1n) is 7.40. The topological polar surface area (TPSA) is 15.3 Å². The van der Waals surface area contributed by atoms with Crippen LogP contribution in [0.15, 0.2) is 24.3 Å². The molecule has 1 aromatic rings. The minimum absolute atomic E-state index is 0.788. The summed E-state index contributed by atoms with van der Waals surface area (Å²) < 4.78 is 0. The summed E-state index contributed by atoms with van der Waals surface area (Å²) in [5.74, 6) is 0. The molecule has 18 heavy (non-hydrogen) atoms. The Kier molecular flexibility index (Phi) is 5.06. The predicted octanol–water partition coefficient (Wildman–Crippen LogP) is 3.57. The zero-order chi connectivity index (χ0) is 12.8. The summed E-state index contributed by atoms with van der Waals surface area (Å²) in [6.07, 6.45) is 5.14. The lowest BCUT2D eigenvalue weighted by Crippen LogP contribution is -2.25. The maximum atomic E-state index is 3.58. The second-order valence-electron chi connectivity index (χ2n) is 5.31. The molecule has 0 radical (unpaired) electrons. The molecule has 1 aliphatic carbocycles.